The van der Waals surface area contributed by atoms with Gasteiger partial charge in [0.15, 0.2) is 17.3 Å². The summed E-state index contributed by atoms with van der Waals surface area (Å²) in [6.45, 7) is 0.159. The van der Waals surface area contributed by atoms with Crippen molar-refractivity contribution in [3.05, 3.63) is 81.1 Å². The number of halogens is 2. The predicted molar refractivity (Wildman–Crippen MR) is 117 cm³/mol. The molecule has 3 aromatic rings. The summed E-state index contributed by atoms with van der Waals surface area (Å²) in [5, 5.41) is 9.56. The van der Waals surface area contributed by atoms with Crippen LogP contribution in [-0.2, 0) is 13.0 Å². The van der Waals surface area contributed by atoms with Crippen molar-refractivity contribution >= 4 is 29.0 Å². The minimum absolute atomic E-state index is 0.0388. The van der Waals surface area contributed by atoms with Gasteiger partial charge >= 0.3 is 0 Å². The van der Waals surface area contributed by atoms with Gasteiger partial charge in [-0.3, -0.25) is 9.78 Å². The number of carbonyl (C=O) groups excluding carboxylic acids is 1. The third-order valence-corrected chi connectivity index (χ3v) is 5.21. The highest BCUT2D eigenvalue weighted by molar-refractivity contribution is 6.36. The first-order chi connectivity index (χ1) is 15.0. The quantitative estimate of drug-likeness (QED) is 0.428. The maximum atomic E-state index is 13.2. The van der Waals surface area contributed by atoms with Crippen molar-refractivity contribution in [2.75, 3.05) is 14.2 Å². The molecule has 0 fully saturated rings. The highest BCUT2D eigenvalue weighted by Crippen LogP contribution is 2.41. The molecule has 0 aliphatic carbocycles. The smallest absolute Gasteiger partial charge is 0.204 e. The minimum atomic E-state index is -0.259. The van der Waals surface area contributed by atoms with E-state index in [0.29, 0.717) is 38.2 Å². The summed E-state index contributed by atoms with van der Waals surface area (Å²) in [6.07, 6.45) is 2.84. The van der Waals surface area contributed by atoms with E-state index < -0.39 is 0 Å². The van der Waals surface area contributed by atoms with Gasteiger partial charge in [0.25, 0.3) is 0 Å². The molecule has 0 N–H and O–H groups in total. The maximum Gasteiger partial charge on any atom is 0.204 e. The van der Waals surface area contributed by atoms with Crippen LogP contribution < -0.4 is 14.2 Å². The number of hydrogen-bond acceptors (Lipinski definition) is 6. The van der Waals surface area contributed by atoms with E-state index in [1.54, 1.807) is 36.4 Å². The molecular formula is C23H18Cl2N2O4. The maximum absolute atomic E-state index is 13.2. The van der Waals surface area contributed by atoms with Gasteiger partial charge in [0.2, 0.25) is 5.75 Å². The second kappa shape index (κ2) is 10.2. The van der Waals surface area contributed by atoms with Gasteiger partial charge in [-0.2, -0.15) is 5.26 Å². The standard InChI is InChI=1S/C23H18Cl2N2O4/c1-29-21-8-7-16(20(28)9-17-18(24)11-27-12-19(17)25)22(23(21)30-2)31-13-15-5-3-14(10-26)4-6-15/h3-8,11-12H,9,13H2,1-2H3. The van der Waals surface area contributed by atoms with Crippen LogP contribution in [0.5, 0.6) is 17.2 Å². The number of pyridine rings is 1. The summed E-state index contributed by atoms with van der Waals surface area (Å²) in [7, 11) is 2.97. The number of benzene rings is 2. The molecule has 2 aromatic carbocycles. The molecular weight excluding hydrogens is 439 g/mol. The van der Waals surface area contributed by atoms with Crippen LogP contribution in [0.25, 0.3) is 0 Å². The van der Waals surface area contributed by atoms with Crippen LogP contribution in [-0.4, -0.2) is 25.0 Å². The number of nitrogens with zero attached hydrogens (tertiary/aromatic N) is 2. The number of ether oxygens (including phenoxy) is 3. The Balaban J connectivity index is 1.95. The number of ketones is 1. The molecule has 0 amide bonds. The normalized spacial score (nSPS) is 10.3. The van der Waals surface area contributed by atoms with Crippen LogP contribution in [0.3, 0.4) is 0 Å². The van der Waals surface area contributed by atoms with E-state index in [9.17, 15) is 4.79 Å². The van der Waals surface area contributed by atoms with Crippen molar-refractivity contribution in [1.29, 1.82) is 5.26 Å². The van der Waals surface area contributed by atoms with Gasteiger partial charge in [0, 0.05) is 24.4 Å². The van der Waals surface area contributed by atoms with Crippen LogP contribution in [0.1, 0.15) is 27.0 Å². The van der Waals surface area contributed by atoms with Crippen molar-refractivity contribution in [1.82, 2.24) is 4.98 Å². The van der Waals surface area contributed by atoms with Crippen LogP contribution in [0, 0.1) is 11.3 Å². The van der Waals surface area contributed by atoms with Gasteiger partial charge in [-0.15, -0.1) is 0 Å². The summed E-state index contributed by atoms with van der Waals surface area (Å²) in [5.74, 6) is 0.714. The molecule has 0 saturated heterocycles. The summed E-state index contributed by atoms with van der Waals surface area (Å²) < 4.78 is 16.8. The average Bonchev–Trinajstić information content (AvgIpc) is 2.79. The van der Waals surface area contributed by atoms with Crippen LogP contribution in [0.15, 0.2) is 48.8 Å². The van der Waals surface area contributed by atoms with Crippen molar-refractivity contribution in [2.24, 2.45) is 0 Å². The number of methoxy groups -OCH3 is 2. The van der Waals surface area contributed by atoms with Crippen molar-refractivity contribution < 1.29 is 19.0 Å². The Hall–Kier alpha value is -3.27. The number of rotatable bonds is 8. The molecule has 0 bridgehead atoms. The van der Waals surface area contributed by atoms with Crippen molar-refractivity contribution in [2.45, 2.75) is 13.0 Å². The third-order valence-electron chi connectivity index (χ3n) is 4.56. The van der Waals surface area contributed by atoms with E-state index in [2.05, 4.69) is 11.1 Å². The molecule has 6 nitrogen and oxygen atoms in total. The molecule has 8 heteroatoms. The number of Topliss-reactive ketones (excluding diaryl/α,β-unsaturated/α-hetero) is 1. The molecule has 0 aliphatic heterocycles. The number of nitriles is 1. The summed E-state index contributed by atoms with van der Waals surface area (Å²) in [6, 6.07) is 12.3. The molecule has 158 valence electrons. The van der Waals surface area contributed by atoms with Gasteiger partial charge in [-0.1, -0.05) is 35.3 Å². The molecule has 31 heavy (non-hydrogen) atoms. The largest absolute Gasteiger partial charge is 0.493 e. The predicted octanol–water partition coefficient (Wildman–Crippen LogP) is 5.28. The first-order valence-corrected chi connectivity index (χ1v) is 9.92. The van der Waals surface area contributed by atoms with Crippen LogP contribution >= 0.6 is 23.2 Å². The molecule has 0 radical (unpaired) electrons. The molecule has 0 atom stereocenters. The third kappa shape index (κ3) is 5.08. The Bertz CT molecular complexity index is 1120. The molecule has 0 unspecified atom stereocenters. The van der Waals surface area contributed by atoms with E-state index in [1.807, 2.05) is 0 Å². The van der Waals surface area contributed by atoms with E-state index in [-0.39, 0.29) is 24.6 Å². The Labute approximate surface area is 189 Å². The van der Waals surface area contributed by atoms with Gasteiger partial charge in [-0.05, 0) is 29.8 Å². The first-order valence-electron chi connectivity index (χ1n) is 9.16. The lowest BCUT2D eigenvalue weighted by Gasteiger charge is -2.17. The average molecular weight is 457 g/mol. The topological polar surface area (TPSA) is 81.4 Å². The summed E-state index contributed by atoms with van der Waals surface area (Å²) >= 11 is 12.3. The van der Waals surface area contributed by atoms with Crippen molar-refractivity contribution in [3.63, 3.8) is 0 Å². The SMILES string of the molecule is COc1ccc(C(=O)Cc2c(Cl)cncc2Cl)c(OCc2ccc(C#N)cc2)c1OC. The molecule has 3 rings (SSSR count). The zero-order valence-corrected chi connectivity index (χ0v) is 18.3. The molecule has 0 spiro atoms. The van der Waals surface area contributed by atoms with Gasteiger partial charge < -0.3 is 14.2 Å². The first kappa shape index (κ1) is 22.4. The summed E-state index contributed by atoms with van der Waals surface area (Å²) in [5.41, 5.74) is 2.15. The van der Waals surface area contributed by atoms with E-state index >= 15 is 0 Å². The zero-order valence-electron chi connectivity index (χ0n) is 16.8. The van der Waals surface area contributed by atoms with E-state index in [1.165, 1.54) is 26.6 Å². The van der Waals surface area contributed by atoms with Crippen LogP contribution in [0.2, 0.25) is 10.0 Å². The highest BCUT2D eigenvalue weighted by Gasteiger charge is 2.23. The molecule has 0 saturated carbocycles. The lowest BCUT2D eigenvalue weighted by Crippen LogP contribution is -2.10. The fraction of sp³-hybridized carbons (Fsp3) is 0.174. The second-order valence-electron chi connectivity index (χ2n) is 6.46. The van der Waals surface area contributed by atoms with E-state index in [0.717, 1.165) is 5.56 Å². The monoisotopic (exact) mass is 456 g/mol. The Morgan fingerprint density at radius 3 is 2.26 bits per heavy atom. The minimum Gasteiger partial charge on any atom is -0.493 e. The van der Waals surface area contributed by atoms with E-state index in [4.69, 9.17) is 42.7 Å². The number of carbonyl (C=O) groups is 1. The second-order valence-corrected chi connectivity index (χ2v) is 7.27. The highest BCUT2D eigenvalue weighted by atomic mass is 35.5. The number of hydrogen-bond donors (Lipinski definition) is 0. The van der Waals surface area contributed by atoms with Crippen LogP contribution in [0.4, 0.5) is 0 Å². The van der Waals surface area contributed by atoms with Gasteiger partial charge in [-0.25, -0.2) is 0 Å². The molecule has 0 aliphatic rings. The Kier molecular flexibility index (Phi) is 7.35. The fourth-order valence-electron chi connectivity index (χ4n) is 2.96. The molecule has 1 heterocycles. The zero-order chi connectivity index (χ0) is 22.4. The van der Waals surface area contributed by atoms with Crippen molar-refractivity contribution in [3.8, 4) is 23.3 Å². The fourth-order valence-corrected chi connectivity index (χ4v) is 3.45. The Morgan fingerprint density at radius 1 is 1.00 bits per heavy atom. The lowest BCUT2D eigenvalue weighted by atomic mass is 10.0. The van der Waals surface area contributed by atoms with Gasteiger partial charge in [0.1, 0.15) is 6.61 Å². The molecule has 1 aromatic heterocycles. The number of aromatic nitrogens is 1. The summed E-state index contributed by atoms with van der Waals surface area (Å²) in [4.78, 5) is 17.1. The Morgan fingerprint density at radius 2 is 1.68 bits per heavy atom. The lowest BCUT2D eigenvalue weighted by molar-refractivity contribution is 0.0987. The van der Waals surface area contributed by atoms with Gasteiger partial charge in [0.05, 0.1) is 41.5 Å².